The van der Waals surface area contributed by atoms with Crippen molar-refractivity contribution in [2.45, 2.75) is 33.9 Å². The first-order valence-electron chi connectivity index (χ1n) is 6.84. The van der Waals surface area contributed by atoms with Gasteiger partial charge < -0.3 is 5.32 Å². The van der Waals surface area contributed by atoms with E-state index in [2.05, 4.69) is 15.5 Å². The third-order valence-electron chi connectivity index (χ3n) is 3.55. The summed E-state index contributed by atoms with van der Waals surface area (Å²) in [6.45, 7) is 6.62. The van der Waals surface area contributed by atoms with Crippen LogP contribution in [0.25, 0.3) is 0 Å². The maximum absolute atomic E-state index is 12.1. The molecule has 7 heteroatoms. The molecule has 0 aliphatic carbocycles. The summed E-state index contributed by atoms with van der Waals surface area (Å²) in [4.78, 5) is 12.1. The third-order valence-corrected chi connectivity index (χ3v) is 4.10. The summed E-state index contributed by atoms with van der Waals surface area (Å²) in [5.41, 5.74) is 2.64. The maximum atomic E-state index is 12.1. The molecule has 2 aromatic heterocycles. The van der Waals surface area contributed by atoms with Crippen LogP contribution < -0.4 is 5.32 Å². The van der Waals surface area contributed by atoms with Gasteiger partial charge in [-0.15, -0.1) is 0 Å². The van der Waals surface area contributed by atoms with Gasteiger partial charge in [-0.2, -0.15) is 10.2 Å². The third kappa shape index (κ3) is 3.44. The Hall–Kier alpha value is -1.82. The summed E-state index contributed by atoms with van der Waals surface area (Å²) >= 11 is 6.11. The molecule has 21 heavy (non-hydrogen) atoms. The molecule has 2 heterocycles. The number of hydrogen-bond acceptors (Lipinski definition) is 3. The van der Waals surface area contributed by atoms with Crippen molar-refractivity contribution in [3.05, 3.63) is 34.4 Å². The predicted molar refractivity (Wildman–Crippen MR) is 80.9 cm³/mol. The number of hydrogen-bond donors (Lipinski definition) is 1. The molecule has 0 radical (unpaired) electrons. The number of carbonyl (C=O) groups is 1. The first-order chi connectivity index (χ1) is 9.90. The van der Waals surface area contributed by atoms with E-state index in [0.717, 1.165) is 17.1 Å². The summed E-state index contributed by atoms with van der Waals surface area (Å²) in [5.74, 6) is -0.202. The highest BCUT2D eigenvalue weighted by Gasteiger charge is 2.17. The van der Waals surface area contributed by atoms with Crippen molar-refractivity contribution in [2.24, 2.45) is 13.0 Å². The van der Waals surface area contributed by atoms with Crippen LogP contribution in [0.15, 0.2) is 12.3 Å². The molecule has 1 amide bonds. The Balaban J connectivity index is 1.93. The monoisotopic (exact) mass is 309 g/mol. The highest BCUT2D eigenvalue weighted by molar-refractivity contribution is 6.31. The molecule has 0 aliphatic rings. The summed E-state index contributed by atoms with van der Waals surface area (Å²) in [6.07, 6.45) is 1.71. The fourth-order valence-electron chi connectivity index (χ4n) is 2.12. The zero-order valence-electron chi connectivity index (χ0n) is 12.7. The van der Waals surface area contributed by atoms with Crippen LogP contribution in [0.2, 0.25) is 5.02 Å². The van der Waals surface area contributed by atoms with E-state index in [1.807, 2.05) is 33.9 Å². The number of carbonyl (C=O) groups excluding carboxylic acids is 1. The van der Waals surface area contributed by atoms with E-state index in [9.17, 15) is 4.79 Å². The van der Waals surface area contributed by atoms with E-state index in [0.29, 0.717) is 18.1 Å². The predicted octanol–water partition coefficient (Wildman–Crippen LogP) is 1.84. The van der Waals surface area contributed by atoms with Gasteiger partial charge in [0, 0.05) is 13.2 Å². The van der Waals surface area contributed by atoms with Gasteiger partial charge in [-0.05, 0) is 19.9 Å². The van der Waals surface area contributed by atoms with Crippen molar-refractivity contribution in [1.29, 1.82) is 0 Å². The minimum absolute atomic E-state index is 0.0140. The lowest BCUT2D eigenvalue weighted by atomic mass is 10.1. The number of amides is 1. The first-order valence-corrected chi connectivity index (χ1v) is 7.22. The summed E-state index contributed by atoms with van der Waals surface area (Å²) in [7, 11) is 1.85. The van der Waals surface area contributed by atoms with Crippen molar-refractivity contribution in [3.63, 3.8) is 0 Å². The average molecular weight is 310 g/mol. The van der Waals surface area contributed by atoms with Crippen LogP contribution >= 0.6 is 11.6 Å². The van der Waals surface area contributed by atoms with Crippen LogP contribution in [0.1, 0.15) is 24.0 Å². The fourth-order valence-corrected chi connectivity index (χ4v) is 2.26. The molecule has 2 aromatic rings. The number of nitrogens with one attached hydrogen (secondary N) is 1. The van der Waals surface area contributed by atoms with Gasteiger partial charge in [0.25, 0.3) is 0 Å². The van der Waals surface area contributed by atoms with E-state index in [1.54, 1.807) is 15.6 Å². The molecular formula is C14H20ClN5O. The Labute approximate surface area is 129 Å². The van der Waals surface area contributed by atoms with Gasteiger partial charge in [0.15, 0.2) is 0 Å². The van der Waals surface area contributed by atoms with Gasteiger partial charge in [-0.25, -0.2) is 0 Å². The minimum Gasteiger partial charge on any atom is -0.350 e. The zero-order chi connectivity index (χ0) is 15.6. The SMILES string of the molecule is Cc1nn(CC(C)C(=O)NCc2ccnn2C)c(C)c1Cl. The van der Waals surface area contributed by atoms with Crippen LogP contribution in [0.5, 0.6) is 0 Å². The number of aryl methyl sites for hydroxylation is 2. The van der Waals surface area contributed by atoms with E-state index < -0.39 is 0 Å². The summed E-state index contributed by atoms with van der Waals surface area (Å²) in [5, 5.41) is 12.0. The molecule has 1 unspecified atom stereocenters. The number of rotatable bonds is 5. The van der Waals surface area contributed by atoms with Gasteiger partial charge in [0.1, 0.15) is 0 Å². The van der Waals surface area contributed by atoms with Crippen LogP contribution in [0.3, 0.4) is 0 Å². The molecule has 0 aliphatic heterocycles. The fraction of sp³-hybridized carbons (Fsp3) is 0.500. The standard InChI is InChI=1S/C14H20ClN5O/c1-9(8-20-11(3)13(15)10(2)18-20)14(21)16-7-12-5-6-17-19(12)4/h5-6,9H,7-8H2,1-4H3,(H,16,21). The van der Waals surface area contributed by atoms with Crippen molar-refractivity contribution >= 4 is 17.5 Å². The molecule has 0 fully saturated rings. The smallest absolute Gasteiger partial charge is 0.225 e. The molecule has 6 nitrogen and oxygen atoms in total. The molecule has 1 atom stereocenters. The Bertz CT molecular complexity index is 646. The van der Waals surface area contributed by atoms with Gasteiger partial charge >= 0.3 is 0 Å². The molecular weight excluding hydrogens is 290 g/mol. The molecule has 0 saturated carbocycles. The molecule has 2 rings (SSSR count). The van der Waals surface area contributed by atoms with Gasteiger partial charge in [-0.3, -0.25) is 14.2 Å². The lowest BCUT2D eigenvalue weighted by Crippen LogP contribution is -2.32. The van der Waals surface area contributed by atoms with Gasteiger partial charge in [0.2, 0.25) is 5.91 Å². The highest BCUT2D eigenvalue weighted by atomic mass is 35.5. The second-order valence-corrected chi connectivity index (χ2v) is 5.61. The van der Waals surface area contributed by atoms with Crippen molar-refractivity contribution in [2.75, 3.05) is 0 Å². The molecule has 114 valence electrons. The van der Waals surface area contributed by atoms with Crippen LogP contribution in [-0.4, -0.2) is 25.5 Å². The highest BCUT2D eigenvalue weighted by Crippen LogP contribution is 2.19. The van der Waals surface area contributed by atoms with Gasteiger partial charge in [-0.1, -0.05) is 18.5 Å². The molecule has 0 aromatic carbocycles. The average Bonchev–Trinajstić information content (AvgIpc) is 2.96. The van der Waals surface area contributed by atoms with E-state index in [-0.39, 0.29) is 11.8 Å². The van der Waals surface area contributed by atoms with Crippen LogP contribution in [0.4, 0.5) is 0 Å². The molecule has 0 saturated heterocycles. The topological polar surface area (TPSA) is 64.7 Å². The van der Waals surface area contributed by atoms with Crippen molar-refractivity contribution in [1.82, 2.24) is 24.9 Å². The minimum atomic E-state index is -0.188. The quantitative estimate of drug-likeness (QED) is 0.916. The Morgan fingerprint density at radius 3 is 2.71 bits per heavy atom. The number of halogens is 1. The summed E-state index contributed by atoms with van der Waals surface area (Å²) < 4.78 is 3.53. The zero-order valence-corrected chi connectivity index (χ0v) is 13.5. The maximum Gasteiger partial charge on any atom is 0.225 e. The van der Waals surface area contributed by atoms with Crippen LogP contribution in [-0.2, 0) is 24.9 Å². The lowest BCUT2D eigenvalue weighted by molar-refractivity contribution is -0.125. The lowest BCUT2D eigenvalue weighted by Gasteiger charge is -2.13. The normalized spacial score (nSPS) is 12.4. The second-order valence-electron chi connectivity index (χ2n) is 5.23. The summed E-state index contributed by atoms with van der Waals surface area (Å²) in [6, 6.07) is 1.88. The molecule has 1 N–H and O–H groups in total. The van der Waals surface area contributed by atoms with E-state index >= 15 is 0 Å². The van der Waals surface area contributed by atoms with Crippen molar-refractivity contribution in [3.8, 4) is 0 Å². The Kier molecular flexibility index (Phi) is 4.67. The number of aromatic nitrogens is 4. The molecule has 0 bridgehead atoms. The Morgan fingerprint density at radius 1 is 1.48 bits per heavy atom. The second kappa shape index (κ2) is 6.30. The van der Waals surface area contributed by atoms with Crippen LogP contribution in [0, 0.1) is 19.8 Å². The Morgan fingerprint density at radius 2 is 2.19 bits per heavy atom. The first kappa shape index (κ1) is 15.6. The molecule has 0 spiro atoms. The van der Waals surface area contributed by atoms with Crippen molar-refractivity contribution < 1.29 is 4.79 Å². The van der Waals surface area contributed by atoms with Gasteiger partial charge in [0.05, 0.1) is 41.1 Å². The largest absolute Gasteiger partial charge is 0.350 e. The van der Waals surface area contributed by atoms with E-state index in [1.165, 1.54) is 0 Å². The number of nitrogens with zero attached hydrogens (tertiary/aromatic N) is 4. The van der Waals surface area contributed by atoms with E-state index in [4.69, 9.17) is 11.6 Å².